The maximum absolute atomic E-state index is 11.7. The Bertz CT molecular complexity index is 550. The Labute approximate surface area is 111 Å². The van der Waals surface area contributed by atoms with Crippen molar-refractivity contribution >= 4 is 15.5 Å². The summed E-state index contributed by atoms with van der Waals surface area (Å²) in [4.78, 5) is 11.6. The summed E-state index contributed by atoms with van der Waals surface area (Å²) in [5.41, 5.74) is 0.932. The Morgan fingerprint density at radius 3 is 2.32 bits per heavy atom. The van der Waals surface area contributed by atoms with Gasteiger partial charge in [-0.15, -0.1) is 0 Å². The fourth-order valence-electron chi connectivity index (χ4n) is 2.00. The SMILES string of the molecule is O=[N+]([O-])CS(=O)(=O)c1ccc(N2CCNCC2)cc1. The summed E-state index contributed by atoms with van der Waals surface area (Å²) in [5.74, 6) is -1.07. The fourth-order valence-corrected chi connectivity index (χ4v) is 2.98. The predicted molar refractivity (Wildman–Crippen MR) is 70.6 cm³/mol. The van der Waals surface area contributed by atoms with E-state index in [2.05, 4.69) is 10.2 Å². The number of sulfone groups is 1. The summed E-state index contributed by atoms with van der Waals surface area (Å²) >= 11 is 0. The summed E-state index contributed by atoms with van der Waals surface area (Å²) < 4.78 is 23.3. The summed E-state index contributed by atoms with van der Waals surface area (Å²) in [6, 6.07) is 6.24. The van der Waals surface area contributed by atoms with E-state index < -0.39 is 20.6 Å². The molecule has 0 spiro atoms. The van der Waals surface area contributed by atoms with Gasteiger partial charge in [-0.2, -0.15) is 0 Å². The predicted octanol–water partition coefficient (Wildman–Crippen LogP) is 0.104. The molecule has 0 atom stereocenters. The number of nitrogens with zero attached hydrogens (tertiary/aromatic N) is 2. The van der Waals surface area contributed by atoms with Crippen LogP contribution in [0.4, 0.5) is 5.69 Å². The van der Waals surface area contributed by atoms with Gasteiger partial charge in [0, 0.05) is 36.8 Å². The highest BCUT2D eigenvalue weighted by atomic mass is 32.2. The van der Waals surface area contributed by atoms with Gasteiger partial charge in [-0.3, -0.25) is 10.1 Å². The number of rotatable bonds is 4. The van der Waals surface area contributed by atoms with E-state index in [1.54, 1.807) is 12.1 Å². The maximum atomic E-state index is 11.7. The van der Waals surface area contributed by atoms with Crippen molar-refractivity contribution in [2.75, 3.05) is 37.0 Å². The second kappa shape index (κ2) is 5.54. The zero-order chi connectivity index (χ0) is 13.9. The quantitative estimate of drug-likeness (QED) is 0.623. The lowest BCUT2D eigenvalue weighted by molar-refractivity contribution is -0.458. The molecule has 1 aromatic rings. The molecule has 1 fully saturated rings. The highest BCUT2D eigenvalue weighted by Gasteiger charge is 2.21. The van der Waals surface area contributed by atoms with Crippen molar-refractivity contribution in [1.29, 1.82) is 0 Å². The van der Waals surface area contributed by atoms with Gasteiger partial charge in [-0.05, 0) is 24.3 Å². The van der Waals surface area contributed by atoms with Crippen LogP contribution in [0.1, 0.15) is 0 Å². The van der Waals surface area contributed by atoms with Crippen molar-refractivity contribution in [2.45, 2.75) is 4.90 Å². The molecular weight excluding hydrogens is 270 g/mol. The van der Waals surface area contributed by atoms with Crippen LogP contribution in [0.2, 0.25) is 0 Å². The molecule has 0 aliphatic carbocycles. The average Bonchev–Trinajstić information content (AvgIpc) is 2.38. The van der Waals surface area contributed by atoms with Gasteiger partial charge in [-0.1, -0.05) is 0 Å². The Morgan fingerprint density at radius 2 is 1.79 bits per heavy atom. The summed E-state index contributed by atoms with van der Waals surface area (Å²) in [6.45, 7) is 3.50. The maximum Gasteiger partial charge on any atom is 0.305 e. The molecule has 1 heterocycles. The molecule has 0 unspecified atom stereocenters. The van der Waals surface area contributed by atoms with E-state index in [4.69, 9.17) is 0 Å². The molecule has 7 nitrogen and oxygen atoms in total. The van der Waals surface area contributed by atoms with Gasteiger partial charge in [0.2, 0.25) is 9.84 Å². The molecule has 0 radical (unpaired) electrons. The summed E-state index contributed by atoms with van der Waals surface area (Å²) in [5, 5.41) is 13.5. The van der Waals surface area contributed by atoms with E-state index in [0.29, 0.717) is 0 Å². The molecule has 1 aromatic carbocycles. The number of benzene rings is 1. The normalized spacial score (nSPS) is 16.3. The monoisotopic (exact) mass is 285 g/mol. The van der Waals surface area contributed by atoms with Crippen molar-refractivity contribution in [2.24, 2.45) is 0 Å². The first kappa shape index (κ1) is 13.8. The molecule has 1 aliphatic heterocycles. The fraction of sp³-hybridized carbons (Fsp3) is 0.455. The molecule has 0 aromatic heterocycles. The van der Waals surface area contributed by atoms with Crippen LogP contribution in [0.3, 0.4) is 0 Å². The molecule has 0 bridgehead atoms. The van der Waals surface area contributed by atoms with E-state index in [1.165, 1.54) is 12.1 Å². The van der Waals surface area contributed by atoms with Crippen LogP contribution in [0, 0.1) is 10.1 Å². The highest BCUT2D eigenvalue weighted by Crippen LogP contribution is 2.19. The molecule has 1 N–H and O–H groups in total. The van der Waals surface area contributed by atoms with E-state index >= 15 is 0 Å². The van der Waals surface area contributed by atoms with Gasteiger partial charge in [-0.25, -0.2) is 8.42 Å². The van der Waals surface area contributed by atoms with Crippen LogP contribution in [0.25, 0.3) is 0 Å². The molecule has 1 saturated heterocycles. The molecule has 1 aliphatic rings. The zero-order valence-electron chi connectivity index (χ0n) is 10.3. The van der Waals surface area contributed by atoms with Gasteiger partial charge >= 0.3 is 5.88 Å². The molecule has 8 heteroatoms. The van der Waals surface area contributed by atoms with Crippen LogP contribution < -0.4 is 10.2 Å². The van der Waals surface area contributed by atoms with Crippen molar-refractivity contribution < 1.29 is 13.3 Å². The van der Waals surface area contributed by atoms with Crippen LogP contribution in [-0.2, 0) is 9.84 Å². The Hall–Kier alpha value is -1.67. The van der Waals surface area contributed by atoms with Crippen molar-refractivity contribution in [3.05, 3.63) is 34.4 Å². The Morgan fingerprint density at radius 1 is 1.21 bits per heavy atom. The van der Waals surface area contributed by atoms with Gasteiger partial charge < -0.3 is 10.2 Å². The first-order chi connectivity index (χ1) is 8.99. The number of anilines is 1. The molecule has 0 saturated carbocycles. The van der Waals surface area contributed by atoms with Crippen molar-refractivity contribution in [3.8, 4) is 0 Å². The lowest BCUT2D eigenvalue weighted by Gasteiger charge is -2.29. The zero-order valence-corrected chi connectivity index (χ0v) is 11.1. The number of hydrogen-bond donors (Lipinski definition) is 1. The van der Waals surface area contributed by atoms with Crippen LogP contribution in [-0.4, -0.2) is 45.4 Å². The van der Waals surface area contributed by atoms with Crippen molar-refractivity contribution in [1.82, 2.24) is 5.32 Å². The summed E-state index contributed by atoms with van der Waals surface area (Å²) in [6.07, 6.45) is 0. The lowest BCUT2D eigenvalue weighted by atomic mass is 10.2. The van der Waals surface area contributed by atoms with Crippen LogP contribution in [0.5, 0.6) is 0 Å². The van der Waals surface area contributed by atoms with E-state index in [1.807, 2.05) is 0 Å². The standard InChI is InChI=1S/C11H15N3O4S/c15-14(16)9-19(17,18)11-3-1-10(2-4-11)13-7-5-12-6-8-13/h1-4,12H,5-9H2. The molecule has 19 heavy (non-hydrogen) atoms. The van der Waals surface area contributed by atoms with Crippen LogP contribution >= 0.6 is 0 Å². The van der Waals surface area contributed by atoms with Gasteiger partial charge in [0.15, 0.2) is 0 Å². The van der Waals surface area contributed by atoms with E-state index in [0.717, 1.165) is 31.9 Å². The lowest BCUT2D eigenvalue weighted by Crippen LogP contribution is -2.43. The second-order valence-electron chi connectivity index (χ2n) is 4.31. The van der Waals surface area contributed by atoms with Crippen molar-refractivity contribution in [3.63, 3.8) is 0 Å². The molecule has 2 rings (SSSR count). The topological polar surface area (TPSA) is 92.5 Å². The first-order valence-electron chi connectivity index (χ1n) is 5.89. The van der Waals surface area contributed by atoms with E-state index in [9.17, 15) is 18.5 Å². The third kappa shape index (κ3) is 3.42. The molecular formula is C11H15N3O4S. The average molecular weight is 285 g/mol. The minimum atomic E-state index is -3.84. The van der Waals surface area contributed by atoms with Gasteiger partial charge in [0.05, 0.1) is 4.90 Å². The number of piperazine rings is 1. The Kier molecular flexibility index (Phi) is 4.01. The second-order valence-corrected chi connectivity index (χ2v) is 6.27. The molecule has 104 valence electrons. The van der Waals surface area contributed by atoms with Gasteiger partial charge in [0.25, 0.3) is 0 Å². The number of nitro groups is 1. The molecule has 0 amide bonds. The van der Waals surface area contributed by atoms with Gasteiger partial charge in [0.1, 0.15) is 0 Å². The highest BCUT2D eigenvalue weighted by molar-refractivity contribution is 7.91. The Balaban J connectivity index is 2.16. The summed E-state index contributed by atoms with van der Waals surface area (Å²) in [7, 11) is -3.84. The van der Waals surface area contributed by atoms with E-state index in [-0.39, 0.29) is 4.90 Å². The number of nitrogens with one attached hydrogen (secondary N) is 1. The van der Waals surface area contributed by atoms with Crippen LogP contribution in [0.15, 0.2) is 29.2 Å². The smallest absolute Gasteiger partial charge is 0.305 e. The third-order valence-electron chi connectivity index (χ3n) is 2.95. The largest absolute Gasteiger partial charge is 0.369 e. The number of hydrogen-bond acceptors (Lipinski definition) is 6. The third-order valence-corrected chi connectivity index (χ3v) is 4.49. The minimum Gasteiger partial charge on any atom is -0.369 e. The minimum absolute atomic E-state index is 0.0110. The first-order valence-corrected chi connectivity index (χ1v) is 7.54.